The van der Waals surface area contributed by atoms with Crippen LogP contribution in [0.15, 0.2) is 41.0 Å². The molecule has 0 aliphatic rings. The van der Waals surface area contributed by atoms with Crippen LogP contribution >= 0.6 is 15.9 Å². The number of hydrogen-bond donors (Lipinski definition) is 1. The second-order valence-corrected chi connectivity index (χ2v) is 5.36. The molecular formula is C14H15BrN2O2. The van der Waals surface area contributed by atoms with Crippen LogP contribution in [0.1, 0.15) is 16.1 Å². The molecule has 1 aromatic carbocycles. The van der Waals surface area contributed by atoms with Gasteiger partial charge in [0.25, 0.3) is 5.91 Å². The van der Waals surface area contributed by atoms with Gasteiger partial charge in [-0.25, -0.2) is 0 Å². The molecule has 1 aromatic heterocycles. The van der Waals surface area contributed by atoms with Gasteiger partial charge in [0.1, 0.15) is 11.4 Å². The number of nitrogens with zero attached hydrogens (tertiary/aromatic N) is 2. The normalized spacial score (nSPS) is 10.5. The van der Waals surface area contributed by atoms with Crippen molar-refractivity contribution in [2.24, 2.45) is 7.05 Å². The number of carbonyl (C=O) groups excluding carboxylic acids is 1. The van der Waals surface area contributed by atoms with Crippen LogP contribution in [0.25, 0.3) is 0 Å². The number of hydrogen-bond acceptors (Lipinski definition) is 2. The predicted octanol–water partition coefficient (Wildman–Crippen LogP) is 2.77. The lowest BCUT2D eigenvalue weighted by Crippen LogP contribution is -2.27. The Bertz CT molecular complexity index is 607. The third-order valence-corrected chi connectivity index (χ3v) is 3.37. The van der Waals surface area contributed by atoms with E-state index in [9.17, 15) is 9.90 Å². The monoisotopic (exact) mass is 322 g/mol. The zero-order valence-electron chi connectivity index (χ0n) is 10.8. The Morgan fingerprint density at radius 2 is 2.11 bits per heavy atom. The fourth-order valence-corrected chi connectivity index (χ4v) is 2.43. The van der Waals surface area contributed by atoms with Crippen LogP contribution in [0.2, 0.25) is 0 Å². The number of carbonyl (C=O) groups is 1. The number of halogens is 1. The van der Waals surface area contributed by atoms with E-state index in [1.54, 1.807) is 40.8 Å². The van der Waals surface area contributed by atoms with Crippen LogP contribution in [-0.4, -0.2) is 27.5 Å². The summed E-state index contributed by atoms with van der Waals surface area (Å²) < 4.78 is 2.64. The highest BCUT2D eigenvalue weighted by molar-refractivity contribution is 9.10. The Hall–Kier alpha value is -1.75. The van der Waals surface area contributed by atoms with E-state index < -0.39 is 0 Å². The average Bonchev–Trinajstić information content (AvgIpc) is 2.70. The van der Waals surface area contributed by atoms with E-state index in [1.165, 1.54) is 0 Å². The molecule has 1 N–H and O–H groups in total. The van der Waals surface area contributed by atoms with Crippen LogP contribution < -0.4 is 0 Å². The smallest absolute Gasteiger partial charge is 0.270 e. The van der Waals surface area contributed by atoms with Crippen molar-refractivity contribution in [1.82, 2.24) is 9.47 Å². The number of para-hydroxylation sites is 1. The molecule has 5 heteroatoms. The molecule has 0 saturated heterocycles. The maximum Gasteiger partial charge on any atom is 0.270 e. The molecule has 1 amide bonds. The minimum atomic E-state index is -0.0866. The van der Waals surface area contributed by atoms with E-state index in [1.807, 2.05) is 19.3 Å². The maximum absolute atomic E-state index is 12.3. The van der Waals surface area contributed by atoms with Crippen LogP contribution in [0.4, 0.5) is 0 Å². The molecule has 0 aliphatic carbocycles. The van der Waals surface area contributed by atoms with Crippen LogP contribution in [0, 0.1) is 0 Å². The maximum atomic E-state index is 12.3. The van der Waals surface area contributed by atoms with E-state index >= 15 is 0 Å². The van der Waals surface area contributed by atoms with Crippen molar-refractivity contribution in [3.05, 3.63) is 52.3 Å². The summed E-state index contributed by atoms with van der Waals surface area (Å²) in [5, 5.41) is 9.72. The molecule has 0 aliphatic heterocycles. The van der Waals surface area contributed by atoms with Gasteiger partial charge in [0, 0.05) is 36.9 Å². The van der Waals surface area contributed by atoms with Crippen molar-refractivity contribution >= 4 is 21.8 Å². The van der Waals surface area contributed by atoms with Crippen molar-refractivity contribution in [3.63, 3.8) is 0 Å². The lowest BCUT2D eigenvalue weighted by Gasteiger charge is -2.18. The Balaban J connectivity index is 2.16. The molecule has 0 spiro atoms. The van der Waals surface area contributed by atoms with Gasteiger partial charge in [0.15, 0.2) is 0 Å². The summed E-state index contributed by atoms with van der Waals surface area (Å²) in [5.41, 5.74) is 1.33. The third-order valence-electron chi connectivity index (χ3n) is 2.94. The molecule has 100 valence electrons. The SMILES string of the molecule is CN(Cc1ccccc1O)C(=O)c1cc(Br)cn1C. The summed E-state index contributed by atoms with van der Waals surface area (Å²) in [4.78, 5) is 13.9. The number of aryl methyl sites for hydroxylation is 1. The zero-order valence-corrected chi connectivity index (χ0v) is 12.4. The van der Waals surface area contributed by atoms with Crippen molar-refractivity contribution in [2.45, 2.75) is 6.54 Å². The van der Waals surface area contributed by atoms with Crippen LogP contribution in [0.3, 0.4) is 0 Å². The summed E-state index contributed by atoms with van der Waals surface area (Å²) in [7, 11) is 3.54. The Labute approximate surface area is 120 Å². The first-order valence-corrected chi connectivity index (χ1v) is 6.62. The van der Waals surface area contributed by atoms with E-state index in [0.29, 0.717) is 12.2 Å². The lowest BCUT2D eigenvalue weighted by molar-refractivity contribution is 0.0775. The van der Waals surface area contributed by atoms with Gasteiger partial charge in [-0.2, -0.15) is 0 Å². The molecule has 1 heterocycles. The topological polar surface area (TPSA) is 45.5 Å². The second-order valence-electron chi connectivity index (χ2n) is 4.44. The largest absolute Gasteiger partial charge is 0.508 e. The number of aromatic nitrogens is 1. The van der Waals surface area contributed by atoms with Crippen molar-refractivity contribution < 1.29 is 9.90 Å². The number of phenols is 1. The van der Waals surface area contributed by atoms with E-state index in [4.69, 9.17) is 0 Å². The number of aromatic hydroxyl groups is 1. The first kappa shape index (κ1) is 13.7. The van der Waals surface area contributed by atoms with Gasteiger partial charge in [0.05, 0.1) is 0 Å². The molecule has 0 fully saturated rings. The zero-order chi connectivity index (χ0) is 14.0. The molecule has 2 rings (SSSR count). The molecule has 0 saturated carbocycles. The molecule has 4 nitrogen and oxygen atoms in total. The number of phenolic OH excluding ortho intramolecular Hbond substituents is 1. The Morgan fingerprint density at radius 1 is 1.42 bits per heavy atom. The van der Waals surface area contributed by atoms with E-state index in [2.05, 4.69) is 15.9 Å². The Morgan fingerprint density at radius 3 is 2.68 bits per heavy atom. The highest BCUT2D eigenvalue weighted by Gasteiger charge is 2.16. The van der Waals surface area contributed by atoms with Gasteiger partial charge in [-0.15, -0.1) is 0 Å². The molecule has 0 radical (unpaired) electrons. The molecule has 2 aromatic rings. The molecule has 0 unspecified atom stereocenters. The van der Waals surface area contributed by atoms with Gasteiger partial charge in [-0.1, -0.05) is 18.2 Å². The fourth-order valence-electron chi connectivity index (χ4n) is 1.90. The molecule has 0 atom stereocenters. The van der Waals surface area contributed by atoms with Gasteiger partial charge in [-0.3, -0.25) is 4.79 Å². The predicted molar refractivity (Wildman–Crippen MR) is 77.0 cm³/mol. The van der Waals surface area contributed by atoms with Crippen molar-refractivity contribution in [2.75, 3.05) is 7.05 Å². The quantitative estimate of drug-likeness (QED) is 0.944. The summed E-state index contributed by atoms with van der Waals surface area (Å²) in [6.07, 6.45) is 1.83. The third kappa shape index (κ3) is 2.98. The molecular weight excluding hydrogens is 308 g/mol. The highest BCUT2D eigenvalue weighted by Crippen LogP contribution is 2.19. The van der Waals surface area contributed by atoms with E-state index in [-0.39, 0.29) is 11.7 Å². The number of benzene rings is 1. The first-order valence-electron chi connectivity index (χ1n) is 5.83. The summed E-state index contributed by atoms with van der Waals surface area (Å²) in [5.74, 6) is 0.117. The summed E-state index contributed by atoms with van der Waals surface area (Å²) in [6.45, 7) is 0.369. The van der Waals surface area contributed by atoms with Crippen LogP contribution in [-0.2, 0) is 13.6 Å². The van der Waals surface area contributed by atoms with E-state index in [0.717, 1.165) is 10.0 Å². The van der Waals surface area contributed by atoms with Gasteiger partial charge < -0.3 is 14.6 Å². The summed E-state index contributed by atoms with van der Waals surface area (Å²) in [6, 6.07) is 8.80. The van der Waals surface area contributed by atoms with Crippen molar-refractivity contribution in [1.29, 1.82) is 0 Å². The van der Waals surface area contributed by atoms with Crippen molar-refractivity contribution in [3.8, 4) is 5.75 Å². The molecule has 19 heavy (non-hydrogen) atoms. The van der Waals surface area contributed by atoms with Gasteiger partial charge in [0.2, 0.25) is 0 Å². The highest BCUT2D eigenvalue weighted by atomic mass is 79.9. The van der Waals surface area contributed by atoms with Crippen LogP contribution in [0.5, 0.6) is 5.75 Å². The van der Waals surface area contributed by atoms with Gasteiger partial charge >= 0.3 is 0 Å². The molecule has 0 bridgehead atoms. The lowest BCUT2D eigenvalue weighted by atomic mass is 10.2. The average molecular weight is 323 g/mol. The summed E-state index contributed by atoms with van der Waals surface area (Å²) >= 11 is 3.35. The minimum absolute atomic E-state index is 0.0866. The Kier molecular flexibility index (Phi) is 3.95. The van der Waals surface area contributed by atoms with Gasteiger partial charge in [-0.05, 0) is 28.1 Å². The number of amides is 1. The minimum Gasteiger partial charge on any atom is -0.508 e. The number of rotatable bonds is 3. The standard InChI is InChI=1S/C14H15BrN2O2/c1-16-9-11(15)7-12(16)14(19)17(2)8-10-5-3-4-6-13(10)18/h3-7,9,18H,8H2,1-2H3. The first-order chi connectivity index (χ1) is 8.99. The second kappa shape index (κ2) is 5.48. The fraction of sp³-hybridized carbons (Fsp3) is 0.214.